The van der Waals surface area contributed by atoms with E-state index in [-0.39, 0.29) is 117 Å². The van der Waals surface area contributed by atoms with Crippen LogP contribution < -0.4 is 76.9 Å². The molecule has 16 rings (SSSR count). The van der Waals surface area contributed by atoms with E-state index in [0.717, 1.165) is 86.7 Å². The first-order chi connectivity index (χ1) is 57.9. The van der Waals surface area contributed by atoms with E-state index >= 15 is 28.8 Å². The van der Waals surface area contributed by atoms with Gasteiger partial charge < -0.3 is 122 Å². The fraction of sp³-hybridized carbons (Fsp3) is 0.471. The van der Waals surface area contributed by atoms with E-state index in [9.17, 15) is 60.3 Å². The predicted molar refractivity (Wildman–Crippen MR) is 433 cm³/mol. The third kappa shape index (κ3) is 19.9. The number of amides is 8. The molecule has 6 aliphatic heterocycles. The Hall–Kier alpha value is -10.5. The summed E-state index contributed by atoms with van der Waals surface area (Å²) < 4.78 is 37.5. The van der Waals surface area contributed by atoms with Crippen molar-refractivity contribution >= 4 is 76.2 Å². The van der Waals surface area contributed by atoms with Gasteiger partial charge in [0, 0.05) is 48.3 Å². The fourth-order valence-electron chi connectivity index (χ4n) is 17.4. The number of aliphatic hydroxyl groups is 6. The van der Waals surface area contributed by atoms with Crippen LogP contribution in [0.2, 0.25) is 10.0 Å². The molecule has 4 saturated carbocycles. The number of carbonyl (C=O) groups excluding carboxylic acids is 9. The van der Waals surface area contributed by atoms with Crippen LogP contribution in [0.15, 0.2) is 97.1 Å². The molecule has 121 heavy (non-hydrogen) atoms. The maximum absolute atomic E-state index is 16.5. The van der Waals surface area contributed by atoms with Crippen LogP contribution in [-0.2, 0) is 43.1 Å². The number of fused-ring (bicyclic) bond motifs is 15. The molecule has 15 bridgehead atoms. The van der Waals surface area contributed by atoms with E-state index < -0.39 is 196 Å². The Kier molecular flexibility index (Phi) is 28.0. The highest BCUT2D eigenvalue weighted by atomic mass is 35.5. The van der Waals surface area contributed by atoms with Crippen LogP contribution in [0, 0.1) is 35.5 Å². The van der Waals surface area contributed by atoms with Gasteiger partial charge in [-0.2, -0.15) is 0 Å². The second-order valence-corrected chi connectivity index (χ2v) is 32.9. The van der Waals surface area contributed by atoms with Crippen molar-refractivity contribution in [3.05, 3.63) is 140 Å². The molecule has 5 fully saturated rings. The molecule has 648 valence electrons. The normalized spacial score (nSPS) is 27.1. The smallest absolute Gasteiger partial charge is 0.258 e. The highest BCUT2D eigenvalue weighted by Gasteiger charge is 2.51. The van der Waals surface area contributed by atoms with E-state index in [4.69, 9.17) is 51.6 Å². The van der Waals surface area contributed by atoms with Gasteiger partial charge in [0.25, 0.3) is 5.91 Å². The minimum Gasteiger partial charge on any atom is -0.508 e. The third-order valence-electron chi connectivity index (χ3n) is 23.3. The molecule has 8 amide bonds. The highest BCUT2D eigenvalue weighted by molar-refractivity contribution is 6.32. The van der Waals surface area contributed by atoms with Crippen molar-refractivity contribution in [1.29, 1.82) is 0 Å². The van der Waals surface area contributed by atoms with Crippen molar-refractivity contribution in [3.8, 4) is 68.6 Å². The summed E-state index contributed by atoms with van der Waals surface area (Å²) in [7, 11) is 1.48. The molecule has 4 aliphatic carbocycles. The number of ether oxygens (including phenoxy) is 6. The number of phenols is 3. The topological polar surface area (TPSA) is 511 Å². The lowest BCUT2D eigenvalue weighted by atomic mass is 9.51. The number of Topliss-reactive ketones (excluding diaryl/α,β-unsaturated/α-hetero) is 1. The maximum Gasteiger partial charge on any atom is 0.258 e. The molecule has 0 aromatic heterocycles. The number of likely N-dealkylation sites (N-methyl/N-ethyl adjacent to an activating group) is 3. The maximum atomic E-state index is 16.5. The summed E-state index contributed by atoms with van der Waals surface area (Å²) in [4.78, 5) is 139. The van der Waals surface area contributed by atoms with Crippen LogP contribution in [0.25, 0.3) is 11.1 Å². The van der Waals surface area contributed by atoms with E-state index in [1.165, 1.54) is 49.5 Å². The zero-order valence-electron chi connectivity index (χ0n) is 66.8. The number of hydrogen-bond acceptors (Lipinski definition) is 27. The number of imide groups is 1. The van der Waals surface area contributed by atoms with Gasteiger partial charge in [0.2, 0.25) is 53.4 Å². The number of hydrogen-bond donors (Lipinski definition) is 19. The summed E-state index contributed by atoms with van der Waals surface area (Å²) in [5, 5.41) is 132. The molecule has 0 spiro atoms. The molecule has 0 radical (unpaired) electrons. The number of aromatic hydroxyl groups is 3. The number of aliphatic hydroxyl groups excluding tert-OH is 6. The molecule has 36 heteroatoms. The molecule has 6 heterocycles. The van der Waals surface area contributed by atoms with Crippen LogP contribution in [-0.4, -0.2) is 207 Å². The lowest BCUT2D eigenvalue weighted by Gasteiger charge is -2.54. The molecule has 34 nitrogen and oxygen atoms in total. The molecule has 6 aromatic rings. The zero-order chi connectivity index (χ0) is 86.5. The SMILES string of the molecule is CCNCCOc1cc(OCCNCC)cc(C(=O)NC(=O)C[C@@H]2NC(=O)[C@H](NC(=O)[C@@H](CC(C)C)NC)[C@H](O)c3ccc(c(Cl)c3)Oc3cc4cc(c3O[C@@H]3O[C@H](CO)[C@@H](O)[C@H](O)[C@H]3O)Oc3ccc(cc3Cl)[C@@H](O)[C@@H]3NC(=O)[C@H](NC(=O)[C@@H]4NC2=O)c2ccc(O)c(c2)-c2c(O)cc(O)cc2[C@@H](C(=O)CC2C4CC5CC(C4)CC2C5)NC3=O)c1. The van der Waals surface area contributed by atoms with Crippen molar-refractivity contribution in [2.24, 2.45) is 35.5 Å². The molecular weight excluding hydrogens is 1620 g/mol. The van der Waals surface area contributed by atoms with Gasteiger partial charge in [-0.1, -0.05) is 69.1 Å². The third-order valence-corrected chi connectivity index (χ3v) is 23.9. The van der Waals surface area contributed by atoms with Crippen molar-refractivity contribution in [2.45, 2.75) is 164 Å². The minimum absolute atomic E-state index is 0.0919. The van der Waals surface area contributed by atoms with Gasteiger partial charge in [-0.25, -0.2) is 0 Å². The first kappa shape index (κ1) is 88.3. The fourth-order valence-corrected chi connectivity index (χ4v) is 17.9. The predicted octanol–water partition coefficient (Wildman–Crippen LogP) is 4.26. The summed E-state index contributed by atoms with van der Waals surface area (Å²) in [6.45, 7) is 8.75. The molecule has 0 unspecified atom stereocenters. The van der Waals surface area contributed by atoms with Crippen LogP contribution >= 0.6 is 23.2 Å². The Bertz CT molecular complexity index is 4860. The first-order valence-corrected chi connectivity index (χ1v) is 41.2. The summed E-state index contributed by atoms with van der Waals surface area (Å²) >= 11 is 14.3. The van der Waals surface area contributed by atoms with Crippen molar-refractivity contribution in [2.75, 3.05) is 53.0 Å². The average Bonchev–Trinajstić information content (AvgIpc) is 0.758. The van der Waals surface area contributed by atoms with Gasteiger partial charge in [0.15, 0.2) is 17.3 Å². The van der Waals surface area contributed by atoms with E-state index in [0.29, 0.717) is 38.0 Å². The molecular formula is C85H100Cl2N10O24. The van der Waals surface area contributed by atoms with Gasteiger partial charge in [-0.3, -0.25) is 48.5 Å². The Morgan fingerprint density at radius 2 is 1.18 bits per heavy atom. The number of ketones is 1. The Balaban J connectivity index is 0.990. The lowest BCUT2D eigenvalue weighted by Crippen LogP contribution is -2.60. The molecule has 14 atom stereocenters. The summed E-state index contributed by atoms with van der Waals surface area (Å²) in [5.74, 6) is -13.9. The molecule has 19 N–H and O–H groups in total. The molecule has 6 aromatic carbocycles. The van der Waals surface area contributed by atoms with Gasteiger partial charge in [0.05, 0.1) is 29.1 Å². The standard InChI is InChI=1S/C85H100Cl2N10O24/c1-6-89-14-16-116-48-24-46(25-49(33-48)117-17-15-90-7-2)78(109)92-65(103)35-56-80(111)93-68-45-29-62(118-60-12-9-41(27-53(60)86)72(104)70(83(114)91-56)96-79(110)55(88-5)18-37(3)4)77(121-85-76(108)75(107)74(106)64(36-98)120-85)63(30-45)119-61-13-10-42(28-54(61)87)73(105)71-84(115)95-69(59(102)34-50-43-20-38-19-39(22-43)23-44(50)21-38)52-31-47(99)32-58(101)66(52)51-26-40(8-11-57(51)100)67(81(112)97-71)94-82(68)113/h8-13,24-33,37-39,43-44,50,55-56,64,67-76,85,88-90,98-101,104-108H,6-7,14-23,34-36H2,1-5H3,(H,91,114)(H,93,111)(H,94,113)(H,95,115)(H,96,110)(H,97,112)(H,92,103,109)/t38?,39?,43?,44?,50?,55-,56+,64-,67-,68-,69+,70-,71+,72-,73-,74-,75+,76-,85+/m1/s1. The minimum atomic E-state index is -2.40. The van der Waals surface area contributed by atoms with Crippen LogP contribution in [0.5, 0.6) is 57.5 Å². The van der Waals surface area contributed by atoms with E-state index in [1.807, 2.05) is 27.7 Å². The Labute approximate surface area is 705 Å². The summed E-state index contributed by atoms with van der Waals surface area (Å²) in [6, 6.07) is 4.62. The van der Waals surface area contributed by atoms with Crippen LogP contribution in [0.4, 0.5) is 0 Å². The second kappa shape index (κ2) is 38.3. The van der Waals surface area contributed by atoms with Crippen molar-refractivity contribution < 1.29 is 118 Å². The molecule has 10 aliphatic rings. The Morgan fingerprint density at radius 3 is 1.77 bits per heavy atom. The zero-order valence-corrected chi connectivity index (χ0v) is 68.3. The van der Waals surface area contributed by atoms with Gasteiger partial charge >= 0.3 is 0 Å². The quantitative estimate of drug-likeness (QED) is 0.0376. The van der Waals surface area contributed by atoms with Crippen LogP contribution in [0.1, 0.15) is 148 Å². The summed E-state index contributed by atoms with van der Waals surface area (Å²) in [6.07, 6.45) is -10.7. The largest absolute Gasteiger partial charge is 0.508 e. The average molecular weight is 1720 g/mol. The molecule has 1 saturated heterocycles. The van der Waals surface area contributed by atoms with Gasteiger partial charge in [0.1, 0.15) is 126 Å². The Morgan fingerprint density at radius 1 is 0.595 bits per heavy atom. The number of benzene rings is 6. The highest BCUT2D eigenvalue weighted by Crippen LogP contribution is 2.58. The van der Waals surface area contributed by atoms with Crippen molar-refractivity contribution in [3.63, 3.8) is 0 Å². The van der Waals surface area contributed by atoms with E-state index in [2.05, 4.69) is 53.2 Å². The second-order valence-electron chi connectivity index (χ2n) is 32.1. The lowest BCUT2D eigenvalue weighted by molar-refractivity contribution is -0.277. The van der Waals surface area contributed by atoms with Gasteiger partial charge in [-0.05, 0) is 189 Å². The van der Waals surface area contributed by atoms with E-state index in [1.54, 1.807) is 0 Å². The summed E-state index contributed by atoms with van der Waals surface area (Å²) in [5.41, 5.74) is -2.28. The number of phenolic OH excluding ortho intramolecular Hbond substituents is 3. The number of carbonyl (C=O) groups is 9. The number of halogens is 2. The van der Waals surface area contributed by atoms with Crippen molar-refractivity contribution in [1.82, 2.24) is 53.2 Å². The monoisotopic (exact) mass is 1710 g/mol. The number of rotatable bonds is 24. The number of nitrogens with one attached hydrogen (secondary N) is 10. The van der Waals surface area contributed by atoms with Gasteiger partial charge in [-0.15, -0.1) is 0 Å². The first-order valence-electron chi connectivity index (χ1n) is 40.4. The van der Waals surface area contributed by atoms with Crippen LogP contribution in [0.3, 0.4) is 0 Å².